The van der Waals surface area contributed by atoms with E-state index in [1.165, 1.54) is 35.4 Å². The Morgan fingerprint density at radius 3 is 2.54 bits per heavy atom. The summed E-state index contributed by atoms with van der Waals surface area (Å²) in [6, 6.07) is 16.8. The van der Waals surface area contributed by atoms with Gasteiger partial charge in [-0.2, -0.15) is 5.10 Å². The molecule has 5 rings (SSSR count). The highest BCUT2D eigenvalue weighted by atomic mass is 32.1. The van der Waals surface area contributed by atoms with Gasteiger partial charge in [0.1, 0.15) is 5.82 Å². The van der Waals surface area contributed by atoms with Gasteiger partial charge in [0.15, 0.2) is 5.11 Å². The summed E-state index contributed by atoms with van der Waals surface area (Å²) < 4.78 is 16.0. The third-order valence-electron chi connectivity index (χ3n) is 6.73. The molecule has 0 saturated carbocycles. The van der Waals surface area contributed by atoms with Gasteiger partial charge in [-0.3, -0.25) is 9.99 Å². The number of rotatable bonds is 5. The highest BCUT2D eigenvalue weighted by Crippen LogP contribution is 2.36. The SMILES string of the molecule is C/C(=N\NC(=S)N(C)c1ccc(C(=O)O)cc1)c1c(O)n(-c2ccc3c(c2)CCC3)c2ccc(F)cc12. The van der Waals surface area contributed by atoms with Crippen LogP contribution in [-0.4, -0.2) is 38.6 Å². The summed E-state index contributed by atoms with van der Waals surface area (Å²) in [5.74, 6) is -1.46. The van der Waals surface area contributed by atoms with Gasteiger partial charge in [0.25, 0.3) is 0 Å². The fourth-order valence-electron chi connectivity index (χ4n) is 4.77. The molecule has 0 unspecified atom stereocenters. The summed E-state index contributed by atoms with van der Waals surface area (Å²) in [4.78, 5) is 12.7. The van der Waals surface area contributed by atoms with E-state index >= 15 is 0 Å². The number of benzene rings is 3. The molecule has 0 bridgehead atoms. The lowest BCUT2D eigenvalue weighted by Gasteiger charge is -2.19. The molecule has 3 N–H and O–H groups in total. The maximum absolute atomic E-state index is 14.3. The van der Waals surface area contributed by atoms with Gasteiger partial charge in [-0.05, 0) is 104 Å². The molecule has 0 atom stereocenters. The van der Waals surface area contributed by atoms with E-state index in [1.54, 1.807) is 41.6 Å². The number of carbonyl (C=O) groups is 1. The fourth-order valence-corrected chi connectivity index (χ4v) is 4.92. The first kappa shape index (κ1) is 24.5. The predicted molar refractivity (Wildman–Crippen MR) is 147 cm³/mol. The highest BCUT2D eigenvalue weighted by Gasteiger charge is 2.22. The van der Waals surface area contributed by atoms with Crippen LogP contribution in [0.1, 0.15) is 40.4 Å². The van der Waals surface area contributed by atoms with Crippen LogP contribution in [0.15, 0.2) is 65.8 Å². The Morgan fingerprint density at radius 1 is 1.08 bits per heavy atom. The number of carboxylic acid groups (broad SMARTS) is 1. The largest absolute Gasteiger partial charge is 0.494 e. The number of hydrazone groups is 1. The number of aromatic hydroxyl groups is 1. The third kappa shape index (κ3) is 4.53. The molecule has 0 spiro atoms. The maximum Gasteiger partial charge on any atom is 0.335 e. The van der Waals surface area contributed by atoms with Crippen molar-refractivity contribution < 1.29 is 19.4 Å². The molecule has 4 aromatic rings. The normalized spacial score (nSPS) is 13.0. The van der Waals surface area contributed by atoms with Crippen LogP contribution in [0.3, 0.4) is 0 Å². The topological polar surface area (TPSA) is 90.1 Å². The standard InChI is InChI=1S/C28H25FN4O3S/c1-16(30-31-28(37)32(2)21-10-7-18(8-11-21)27(35)36)25-23-15-20(29)9-13-24(23)33(26(25)34)22-12-6-17-4-3-5-19(17)14-22/h6-15,34H,3-5H2,1-2H3,(H,31,37)(H,35,36)/b30-16+. The summed E-state index contributed by atoms with van der Waals surface area (Å²) in [5.41, 5.74) is 8.55. The molecule has 1 aliphatic carbocycles. The van der Waals surface area contributed by atoms with Gasteiger partial charge in [0, 0.05) is 23.8 Å². The Morgan fingerprint density at radius 2 is 1.81 bits per heavy atom. The van der Waals surface area contributed by atoms with E-state index in [9.17, 15) is 14.3 Å². The molecular formula is C28H25FN4O3S. The summed E-state index contributed by atoms with van der Waals surface area (Å²) >= 11 is 5.45. The zero-order valence-corrected chi connectivity index (χ0v) is 21.1. The van der Waals surface area contributed by atoms with Crippen molar-refractivity contribution in [3.63, 3.8) is 0 Å². The molecule has 7 nitrogen and oxygen atoms in total. The first-order valence-corrected chi connectivity index (χ1v) is 12.2. The lowest BCUT2D eigenvalue weighted by atomic mass is 10.1. The molecule has 188 valence electrons. The Kier molecular flexibility index (Phi) is 6.39. The minimum absolute atomic E-state index is 0.0369. The lowest BCUT2D eigenvalue weighted by Crippen LogP contribution is -2.34. The van der Waals surface area contributed by atoms with E-state index in [4.69, 9.17) is 17.3 Å². The summed E-state index contributed by atoms with van der Waals surface area (Å²) in [6.07, 6.45) is 3.17. The smallest absolute Gasteiger partial charge is 0.335 e. The number of anilines is 1. The molecule has 1 aromatic heterocycles. The number of aromatic carboxylic acids is 1. The number of aryl methyl sites for hydroxylation is 2. The number of aromatic nitrogens is 1. The quantitative estimate of drug-likeness (QED) is 0.187. The summed E-state index contributed by atoms with van der Waals surface area (Å²) in [5, 5.41) is 25.6. The van der Waals surface area contributed by atoms with Gasteiger partial charge < -0.3 is 15.1 Å². The number of fused-ring (bicyclic) bond motifs is 2. The molecule has 0 saturated heterocycles. The van der Waals surface area contributed by atoms with Crippen molar-refractivity contribution in [1.82, 2.24) is 9.99 Å². The summed E-state index contributed by atoms with van der Waals surface area (Å²) in [6.45, 7) is 1.71. The third-order valence-corrected chi connectivity index (χ3v) is 7.10. The molecule has 0 fully saturated rings. The Hall–Kier alpha value is -4.24. The number of nitrogens with one attached hydrogen (secondary N) is 1. The van der Waals surface area contributed by atoms with Gasteiger partial charge in [-0.1, -0.05) is 6.07 Å². The molecule has 9 heteroatoms. The number of hydrogen-bond donors (Lipinski definition) is 3. The Labute approximate surface area is 218 Å². The predicted octanol–water partition coefficient (Wildman–Crippen LogP) is 5.40. The molecule has 37 heavy (non-hydrogen) atoms. The number of carboxylic acids is 1. The second-order valence-electron chi connectivity index (χ2n) is 9.03. The number of nitrogens with zero attached hydrogens (tertiary/aromatic N) is 3. The van der Waals surface area contributed by atoms with Crippen LogP contribution in [0.5, 0.6) is 5.88 Å². The van der Waals surface area contributed by atoms with Crippen LogP contribution < -0.4 is 10.3 Å². The van der Waals surface area contributed by atoms with Crippen molar-refractivity contribution in [2.75, 3.05) is 11.9 Å². The fraction of sp³-hybridized carbons (Fsp3) is 0.179. The summed E-state index contributed by atoms with van der Waals surface area (Å²) in [7, 11) is 1.72. The zero-order valence-electron chi connectivity index (χ0n) is 20.3. The van der Waals surface area contributed by atoms with Crippen molar-refractivity contribution >= 4 is 45.6 Å². The Balaban J connectivity index is 1.47. The molecule has 3 aromatic carbocycles. The van der Waals surface area contributed by atoms with Crippen molar-refractivity contribution in [1.29, 1.82) is 0 Å². The first-order chi connectivity index (χ1) is 17.7. The van der Waals surface area contributed by atoms with E-state index < -0.39 is 11.8 Å². The molecular weight excluding hydrogens is 491 g/mol. The number of hydrogen-bond acceptors (Lipinski definition) is 4. The van der Waals surface area contributed by atoms with Gasteiger partial charge in [0.2, 0.25) is 5.88 Å². The molecule has 0 aliphatic heterocycles. The minimum Gasteiger partial charge on any atom is -0.494 e. The van der Waals surface area contributed by atoms with Crippen molar-refractivity contribution in [3.05, 3.63) is 88.7 Å². The van der Waals surface area contributed by atoms with Crippen LogP contribution in [0.2, 0.25) is 0 Å². The van der Waals surface area contributed by atoms with E-state index in [-0.39, 0.29) is 16.6 Å². The van der Waals surface area contributed by atoms with Crippen LogP contribution in [-0.2, 0) is 12.8 Å². The second-order valence-corrected chi connectivity index (χ2v) is 9.41. The average Bonchev–Trinajstić information content (AvgIpc) is 3.47. The highest BCUT2D eigenvalue weighted by molar-refractivity contribution is 7.80. The van der Waals surface area contributed by atoms with E-state index in [0.717, 1.165) is 24.9 Å². The molecule has 0 radical (unpaired) electrons. The zero-order chi connectivity index (χ0) is 26.3. The van der Waals surface area contributed by atoms with Crippen LogP contribution in [0, 0.1) is 5.82 Å². The van der Waals surface area contributed by atoms with Crippen LogP contribution in [0.4, 0.5) is 10.1 Å². The maximum atomic E-state index is 14.3. The average molecular weight is 517 g/mol. The number of thiocarbonyl (C=S) groups is 1. The second kappa shape index (κ2) is 9.67. The molecule has 1 aliphatic rings. The van der Waals surface area contributed by atoms with Crippen molar-refractivity contribution in [2.24, 2.45) is 5.10 Å². The minimum atomic E-state index is -1.01. The number of halogens is 1. The van der Waals surface area contributed by atoms with Gasteiger partial charge in [0.05, 0.1) is 22.4 Å². The molecule has 1 heterocycles. The van der Waals surface area contributed by atoms with Crippen molar-refractivity contribution in [2.45, 2.75) is 26.2 Å². The first-order valence-electron chi connectivity index (χ1n) is 11.8. The van der Waals surface area contributed by atoms with Gasteiger partial charge >= 0.3 is 5.97 Å². The van der Waals surface area contributed by atoms with E-state index in [0.29, 0.717) is 27.9 Å². The monoisotopic (exact) mass is 516 g/mol. The van der Waals surface area contributed by atoms with E-state index in [1.807, 2.05) is 6.07 Å². The van der Waals surface area contributed by atoms with Crippen LogP contribution >= 0.6 is 12.2 Å². The van der Waals surface area contributed by atoms with Crippen LogP contribution in [0.25, 0.3) is 16.6 Å². The lowest BCUT2D eigenvalue weighted by molar-refractivity contribution is 0.0697. The van der Waals surface area contributed by atoms with Gasteiger partial charge in [-0.15, -0.1) is 0 Å². The van der Waals surface area contributed by atoms with Gasteiger partial charge in [-0.25, -0.2) is 9.18 Å². The van der Waals surface area contributed by atoms with E-state index in [2.05, 4.69) is 22.7 Å². The molecule has 0 amide bonds. The van der Waals surface area contributed by atoms with Crippen molar-refractivity contribution in [3.8, 4) is 11.6 Å². The Bertz CT molecular complexity index is 1580.